The number of nitrogens with zero attached hydrogens (tertiary/aromatic N) is 4. The van der Waals surface area contributed by atoms with Crippen molar-refractivity contribution in [3.8, 4) is 0 Å². The van der Waals surface area contributed by atoms with E-state index in [4.69, 9.17) is 4.74 Å². The fraction of sp³-hybridized carbons (Fsp3) is 0.545. The van der Waals surface area contributed by atoms with E-state index < -0.39 is 0 Å². The lowest BCUT2D eigenvalue weighted by atomic mass is 10.3. The number of tetrazole rings is 1. The maximum Gasteiger partial charge on any atom is 0.165 e. The Balaban J connectivity index is 1.93. The summed E-state index contributed by atoms with van der Waals surface area (Å²) in [7, 11) is 1.69. The Hall–Kier alpha value is -1.31. The molecule has 0 aliphatic carbocycles. The lowest BCUT2D eigenvalue weighted by Crippen LogP contribution is -2.21. The van der Waals surface area contributed by atoms with Gasteiger partial charge in [-0.2, -0.15) is 0 Å². The fourth-order valence-corrected chi connectivity index (χ4v) is 2.44. The van der Waals surface area contributed by atoms with E-state index in [1.54, 1.807) is 18.4 Å². The third-order valence-corrected chi connectivity index (χ3v) is 3.64. The van der Waals surface area contributed by atoms with E-state index in [2.05, 4.69) is 39.2 Å². The van der Waals surface area contributed by atoms with Crippen LogP contribution in [0.25, 0.3) is 0 Å². The molecule has 1 N–H and O–H groups in total. The first-order valence-electron chi connectivity index (χ1n) is 5.79. The van der Waals surface area contributed by atoms with Gasteiger partial charge in [0, 0.05) is 18.5 Å². The number of thiophene rings is 1. The number of ether oxygens (including phenoxy) is 1. The number of methoxy groups -OCH3 is 1. The van der Waals surface area contributed by atoms with Crippen LogP contribution in [0, 0.1) is 6.92 Å². The minimum atomic E-state index is 0.654. The number of hydrogen-bond acceptors (Lipinski definition) is 6. The van der Waals surface area contributed by atoms with Gasteiger partial charge in [0.2, 0.25) is 0 Å². The summed E-state index contributed by atoms with van der Waals surface area (Å²) >= 11 is 1.73. The van der Waals surface area contributed by atoms with Crippen molar-refractivity contribution in [1.82, 2.24) is 25.5 Å². The molecule has 0 aromatic carbocycles. The van der Waals surface area contributed by atoms with Gasteiger partial charge in [-0.3, -0.25) is 0 Å². The molecule has 0 amide bonds. The first-order valence-corrected chi connectivity index (χ1v) is 6.67. The van der Waals surface area contributed by atoms with E-state index in [0.717, 1.165) is 18.9 Å². The van der Waals surface area contributed by atoms with Gasteiger partial charge in [-0.25, -0.2) is 4.68 Å². The van der Waals surface area contributed by atoms with Crippen LogP contribution in [0.5, 0.6) is 0 Å². The SMILES string of the molecule is COCCNCc1nnnn1Cc1sccc1C. The van der Waals surface area contributed by atoms with Gasteiger partial charge in [0.1, 0.15) is 0 Å². The van der Waals surface area contributed by atoms with Crippen LogP contribution in [0.15, 0.2) is 11.4 Å². The largest absolute Gasteiger partial charge is 0.383 e. The molecule has 0 spiro atoms. The molecule has 0 fully saturated rings. The number of rotatable bonds is 7. The Morgan fingerprint density at radius 1 is 1.50 bits per heavy atom. The molecule has 0 radical (unpaired) electrons. The average molecular weight is 267 g/mol. The molecule has 0 atom stereocenters. The van der Waals surface area contributed by atoms with Crippen molar-refractivity contribution >= 4 is 11.3 Å². The predicted octanol–water partition coefficient (Wildman–Crippen LogP) is 0.827. The molecule has 98 valence electrons. The molecule has 7 heteroatoms. The molecule has 18 heavy (non-hydrogen) atoms. The first kappa shape index (κ1) is 13.1. The molecule has 6 nitrogen and oxygen atoms in total. The Bertz CT molecular complexity index is 481. The Morgan fingerprint density at radius 3 is 3.11 bits per heavy atom. The van der Waals surface area contributed by atoms with E-state index >= 15 is 0 Å². The van der Waals surface area contributed by atoms with Gasteiger partial charge in [-0.15, -0.1) is 16.4 Å². The van der Waals surface area contributed by atoms with Crippen LogP contribution in [0.4, 0.5) is 0 Å². The highest BCUT2D eigenvalue weighted by atomic mass is 32.1. The van der Waals surface area contributed by atoms with Crippen LogP contribution in [0.2, 0.25) is 0 Å². The van der Waals surface area contributed by atoms with Crippen molar-refractivity contribution in [2.24, 2.45) is 0 Å². The smallest absolute Gasteiger partial charge is 0.165 e. The molecule has 0 saturated heterocycles. The molecule has 0 aliphatic rings. The summed E-state index contributed by atoms with van der Waals surface area (Å²) in [6, 6.07) is 2.11. The average Bonchev–Trinajstić information content (AvgIpc) is 2.96. The number of hydrogen-bond donors (Lipinski definition) is 1. The van der Waals surface area contributed by atoms with E-state index in [1.807, 2.05) is 4.68 Å². The highest BCUT2D eigenvalue weighted by Gasteiger charge is 2.08. The Labute approximate surface area is 110 Å². The maximum absolute atomic E-state index is 4.97. The summed E-state index contributed by atoms with van der Waals surface area (Å²) in [4.78, 5) is 1.29. The molecule has 0 aliphatic heterocycles. The van der Waals surface area contributed by atoms with Crippen molar-refractivity contribution < 1.29 is 4.74 Å². The minimum absolute atomic E-state index is 0.654. The van der Waals surface area contributed by atoms with Gasteiger partial charge in [-0.1, -0.05) is 0 Å². The van der Waals surface area contributed by atoms with Crippen molar-refractivity contribution in [1.29, 1.82) is 0 Å². The first-order chi connectivity index (χ1) is 8.81. The zero-order valence-corrected chi connectivity index (χ0v) is 11.4. The second kappa shape index (κ2) is 6.58. The summed E-state index contributed by atoms with van der Waals surface area (Å²) in [6.45, 7) is 4.97. The quantitative estimate of drug-likeness (QED) is 0.753. The number of aromatic nitrogens is 4. The lowest BCUT2D eigenvalue weighted by Gasteiger charge is -2.05. The Kier molecular flexibility index (Phi) is 4.80. The van der Waals surface area contributed by atoms with Gasteiger partial charge >= 0.3 is 0 Å². The zero-order valence-electron chi connectivity index (χ0n) is 10.6. The van der Waals surface area contributed by atoms with E-state index in [1.165, 1.54) is 10.4 Å². The molecular formula is C11H17N5OS. The summed E-state index contributed by atoms with van der Waals surface area (Å²) in [5.74, 6) is 0.846. The molecule has 0 saturated carbocycles. The maximum atomic E-state index is 4.97. The molecule has 0 unspecified atom stereocenters. The van der Waals surface area contributed by atoms with Crippen LogP contribution >= 0.6 is 11.3 Å². The van der Waals surface area contributed by atoms with E-state index in [-0.39, 0.29) is 0 Å². The van der Waals surface area contributed by atoms with Crippen molar-refractivity contribution in [2.75, 3.05) is 20.3 Å². The molecule has 2 aromatic rings. The normalized spacial score (nSPS) is 11.0. The number of aryl methyl sites for hydroxylation is 1. The van der Waals surface area contributed by atoms with Crippen LogP contribution in [0.1, 0.15) is 16.3 Å². The van der Waals surface area contributed by atoms with Crippen molar-refractivity contribution in [3.05, 3.63) is 27.7 Å². The predicted molar refractivity (Wildman–Crippen MR) is 69.6 cm³/mol. The van der Waals surface area contributed by atoms with E-state index in [0.29, 0.717) is 13.2 Å². The van der Waals surface area contributed by atoms with Crippen LogP contribution in [0.3, 0.4) is 0 Å². The van der Waals surface area contributed by atoms with Gasteiger partial charge in [-0.05, 0) is 34.4 Å². The highest BCUT2D eigenvalue weighted by Crippen LogP contribution is 2.16. The van der Waals surface area contributed by atoms with Gasteiger partial charge in [0.15, 0.2) is 5.82 Å². The standard InChI is InChI=1S/C11H17N5OS/c1-9-3-6-18-10(9)8-16-11(13-14-15-16)7-12-4-5-17-2/h3,6,12H,4-5,7-8H2,1-2H3. The highest BCUT2D eigenvalue weighted by molar-refractivity contribution is 7.10. The summed E-state index contributed by atoms with van der Waals surface area (Å²) < 4.78 is 6.81. The zero-order chi connectivity index (χ0) is 12.8. The molecule has 2 rings (SSSR count). The summed E-state index contributed by atoms with van der Waals surface area (Å²) in [5.41, 5.74) is 1.29. The van der Waals surface area contributed by atoms with Crippen LogP contribution in [-0.2, 0) is 17.8 Å². The second-order valence-electron chi connectivity index (χ2n) is 3.95. The molecule has 0 bridgehead atoms. The van der Waals surface area contributed by atoms with Crippen molar-refractivity contribution in [2.45, 2.75) is 20.0 Å². The third-order valence-electron chi connectivity index (χ3n) is 2.63. The van der Waals surface area contributed by atoms with Gasteiger partial charge in [0.05, 0.1) is 19.7 Å². The lowest BCUT2D eigenvalue weighted by molar-refractivity contribution is 0.198. The number of nitrogens with one attached hydrogen (secondary N) is 1. The summed E-state index contributed by atoms with van der Waals surface area (Å²) in [5, 5.41) is 17.1. The van der Waals surface area contributed by atoms with Crippen molar-refractivity contribution in [3.63, 3.8) is 0 Å². The van der Waals surface area contributed by atoms with Crippen LogP contribution in [-0.4, -0.2) is 40.5 Å². The molecule has 2 heterocycles. The third kappa shape index (κ3) is 3.34. The Morgan fingerprint density at radius 2 is 2.39 bits per heavy atom. The van der Waals surface area contributed by atoms with E-state index in [9.17, 15) is 0 Å². The summed E-state index contributed by atoms with van der Waals surface area (Å²) in [6.07, 6.45) is 0. The van der Waals surface area contributed by atoms with Crippen LogP contribution < -0.4 is 5.32 Å². The van der Waals surface area contributed by atoms with Gasteiger partial charge < -0.3 is 10.1 Å². The minimum Gasteiger partial charge on any atom is -0.383 e. The second-order valence-corrected chi connectivity index (χ2v) is 4.95. The van der Waals surface area contributed by atoms with Gasteiger partial charge in [0.25, 0.3) is 0 Å². The molecular weight excluding hydrogens is 250 g/mol. The monoisotopic (exact) mass is 267 g/mol. The topological polar surface area (TPSA) is 64.9 Å². The fourth-order valence-electron chi connectivity index (χ4n) is 1.55. The molecule has 2 aromatic heterocycles.